The molecule has 0 heterocycles. The molecule has 0 atom stereocenters. The van der Waals surface area contributed by atoms with E-state index in [4.69, 9.17) is 0 Å². The molecular weight excluding hydrogens is 486 g/mol. The molecule has 1 amide bonds. The summed E-state index contributed by atoms with van der Waals surface area (Å²) in [5, 5.41) is 21.8. The van der Waals surface area contributed by atoms with Gasteiger partial charge in [-0.3, -0.25) is 4.79 Å². The van der Waals surface area contributed by atoms with Gasteiger partial charge in [0, 0.05) is 10.0 Å². The summed E-state index contributed by atoms with van der Waals surface area (Å²) >= 11 is 3.24. The highest BCUT2D eigenvalue weighted by atomic mass is 79.9. The Morgan fingerprint density at radius 2 is 1.61 bits per heavy atom. The average Bonchev–Trinajstić information content (AvgIpc) is 2.68. The van der Waals surface area contributed by atoms with Gasteiger partial charge in [-0.1, -0.05) is 28.1 Å². The highest BCUT2D eigenvalue weighted by molar-refractivity contribution is 9.10. The standard InChI is InChI=1S/C21H12BrF4NO4/c22-12-4-1-10(2-5-12)14-8-13(28)9-15(18(14)20(30)31)19(29)27-17-6-3-11(7-16(17)23)21(24,25)26/h1-9,28H,(H,27,29)(H,30,31). The van der Waals surface area contributed by atoms with Gasteiger partial charge in [0.05, 0.1) is 22.4 Å². The maximum absolute atomic E-state index is 14.1. The molecule has 0 unspecified atom stereocenters. The zero-order valence-electron chi connectivity index (χ0n) is 15.3. The molecule has 3 N–H and O–H groups in total. The molecule has 10 heteroatoms. The maximum atomic E-state index is 14.1. The Bertz CT molecular complexity index is 1180. The highest BCUT2D eigenvalue weighted by Crippen LogP contribution is 2.34. The monoisotopic (exact) mass is 497 g/mol. The van der Waals surface area contributed by atoms with E-state index in [0.29, 0.717) is 16.1 Å². The molecule has 3 aromatic rings. The van der Waals surface area contributed by atoms with Crippen molar-refractivity contribution in [3.05, 3.63) is 81.6 Å². The second-order valence-corrected chi connectivity index (χ2v) is 7.29. The number of phenols is 1. The topological polar surface area (TPSA) is 86.6 Å². The van der Waals surface area contributed by atoms with Crippen molar-refractivity contribution in [2.45, 2.75) is 6.18 Å². The number of carboxylic acids is 1. The summed E-state index contributed by atoms with van der Waals surface area (Å²) in [7, 11) is 0. The number of benzene rings is 3. The van der Waals surface area contributed by atoms with E-state index < -0.39 is 52.0 Å². The number of carbonyl (C=O) groups excluding carboxylic acids is 1. The largest absolute Gasteiger partial charge is 0.508 e. The first-order valence-electron chi connectivity index (χ1n) is 8.51. The number of anilines is 1. The molecule has 0 fully saturated rings. The first-order chi connectivity index (χ1) is 14.5. The van der Waals surface area contributed by atoms with Gasteiger partial charge in [-0.15, -0.1) is 0 Å². The number of amides is 1. The van der Waals surface area contributed by atoms with Crippen molar-refractivity contribution in [2.24, 2.45) is 0 Å². The molecule has 0 radical (unpaired) electrons. The second kappa shape index (κ2) is 8.38. The van der Waals surface area contributed by atoms with Crippen molar-refractivity contribution in [1.29, 1.82) is 0 Å². The number of carbonyl (C=O) groups is 2. The number of alkyl halides is 3. The van der Waals surface area contributed by atoms with Gasteiger partial charge in [-0.2, -0.15) is 13.2 Å². The number of aromatic carboxylic acids is 1. The van der Waals surface area contributed by atoms with Crippen LogP contribution in [0.5, 0.6) is 5.75 Å². The van der Waals surface area contributed by atoms with Crippen molar-refractivity contribution in [3.63, 3.8) is 0 Å². The van der Waals surface area contributed by atoms with Crippen molar-refractivity contribution >= 4 is 33.5 Å². The van der Waals surface area contributed by atoms with Gasteiger partial charge >= 0.3 is 12.1 Å². The van der Waals surface area contributed by atoms with Crippen LogP contribution in [0.3, 0.4) is 0 Å². The molecule has 5 nitrogen and oxygen atoms in total. The lowest BCUT2D eigenvalue weighted by molar-refractivity contribution is -0.137. The van der Waals surface area contributed by atoms with Crippen LogP contribution in [0, 0.1) is 5.82 Å². The van der Waals surface area contributed by atoms with Crippen molar-refractivity contribution < 1.29 is 37.4 Å². The molecule has 31 heavy (non-hydrogen) atoms. The SMILES string of the molecule is O=C(Nc1ccc(C(F)(F)F)cc1F)c1cc(O)cc(-c2ccc(Br)cc2)c1C(=O)O. The number of halogens is 5. The Kier molecular flexibility index (Phi) is 6.03. The summed E-state index contributed by atoms with van der Waals surface area (Å²) in [6.45, 7) is 0. The van der Waals surface area contributed by atoms with Crippen LogP contribution in [0.1, 0.15) is 26.3 Å². The molecule has 0 aliphatic heterocycles. The predicted octanol–water partition coefficient (Wildman–Crippen LogP) is 5.93. The number of carboxylic acid groups (broad SMARTS) is 1. The van der Waals surface area contributed by atoms with E-state index in [2.05, 4.69) is 21.2 Å². The number of nitrogens with one attached hydrogen (secondary N) is 1. The van der Waals surface area contributed by atoms with E-state index in [9.17, 15) is 37.4 Å². The third-order valence-electron chi connectivity index (χ3n) is 4.28. The van der Waals surface area contributed by atoms with Gasteiger partial charge in [-0.25, -0.2) is 9.18 Å². The molecule has 0 bridgehead atoms. The smallest absolute Gasteiger partial charge is 0.416 e. The number of aromatic hydroxyl groups is 1. The minimum Gasteiger partial charge on any atom is -0.508 e. The summed E-state index contributed by atoms with van der Waals surface area (Å²) in [6.07, 6.45) is -4.77. The van der Waals surface area contributed by atoms with Crippen LogP contribution in [-0.2, 0) is 6.18 Å². The zero-order chi connectivity index (χ0) is 22.9. The molecule has 0 saturated carbocycles. The summed E-state index contributed by atoms with van der Waals surface area (Å²) in [5.41, 5.74) is -2.38. The molecule has 0 aliphatic rings. The molecule has 160 valence electrons. The fourth-order valence-corrected chi connectivity index (χ4v) is 3.14. The molecule has 3 rings (SSSR count). The van der Waals surface area contributed by atoms with Crippen LogP contribution in [0.4, 0.5) is 23.2 Å². The number of hydrogen-bond acceptors (Lipinski definition) is 3. The van der Waals surface area contributed by atoms with Crippen molar-refractivity contribution in [2.75, 3.05) is 5.32 Å². The third kappa shape index (κ3) is 4.85. The Balaban J connectivity index is 2.05. The maximum Gasteiger partial charge on any atom is 0.416 e. The predicted molar refractivity (Wildman–Crippen MR) is 108 cm³/mol. The Hall–Kier alpha value is -3.40. The van der Waals surface area contributed by atoms with E-state index in [1.807, 2.05) is 0 Å². The lowest BCUT2D eigenvalue weighted by Gasteiger charge is -2.14. The van der Waals surface area contributed by atoms with Crippen molar-refractivity contribution in [3.8, 4) is 16.9 Å². The number of phenolic OH excluding ortho intramolecular Hbond substituents is 1. The molecule has 3 aromatic carbocycles. The lowest BCUT2D eigenvalue weighted by atomic mass is 9.94. The Morgan fingerprint density at radius 1 is 0.968 bits per heavy atom. The van der Waals surface area contributed by atoms with Crippen LogP contribution in [0.25, 0.3) is 11.1 Å². The molecule has 0 spiro atoms. The second-order valence-electron chi connectivity index (χ2n) is 6.37. The van der Waals surface area contributed by atoms with Gasteiger partial charge in [0.15, 0.2) is 0 Å². The first kappa shape index (κ1) is 22.3. The van der Waals surface area contributed by atoms with Crippen LogP contribution in [0.2, 0.25) is 0 Å². The average molecular weight is 498 g/mol. The fourth-order valence-electron chi connectivity index (χ4n) is 2.88. The number of hydrogen-bond donors (Lipinski definition) is 3. The molecule has 0 aliphatic carbocycles. The minimum atomic E-state index is -4.77. The number of rotatable bonds is 4. The summed E-state index contributed by atoms with van der Waals surface area (Å²) in [4.78, 5) is 24.6. The molecule has 0 aromatic heterocycles. The minimum absolute atomic E-state index is 0.0260. The first-order valence-corrected chi connectivity index (χ1v) is 9.31. The Morgan fingerprint density at radius 3 is 2.16 bits per heavy atom. The fraction of sp³-hybridized carbons (Fsp3) is 0.0476. The van der Waals surface area contributed by atoms with Crippen LogP contribution < -0.4 is 5.32 Å². The van der Waals surface area contributed by atoms with Crippen LogP contribution in [-0.4, -0.2) is 22.1 Å². The lowest BCUT2D eigenvalue weighted by Crippen LogP contribution is -2.18. The van der Waals surface area contributed by atoms with Gasteiger partial charge in [-0.05, 0) is 48.0 Å². The van der Waals surface area contributed by atoms with E-state index in [1.165, 1.54) is 0 Å². The molecule has 0 saturated heterocycles. The Labute approximate surface area is 181 Å². The summed E-state index contributed by atoms with van der Waals surface area (Å²) in [5.74, 6) is -4.39. The van der Waals surface area contributed by atoms with Gasteiger partial charge < -0.3 is 15.5 Å². The van der Waals surface area contributed by atoms with Crippen molar-refractivity contribution in [1.82, 2.24) is 0 Å². The van der Waals surface area contributed by atoms with Crippen LogP contribution >= 0.6 is 15.9 Å². The van der Waals surface area contributed by atoms with Crippen LogP contribution in [0.15, 0.2) is 59.1 Å². The van der Waals surface area contributed by atoms with E-state index in [-0.39, 0.29) is 11.6 Å². The van der Waals surface area contributed by atoms with E-state index in [0.717, 1.165) is 18.2 Å². The van der Waals surface area contributed by atoms with Gasteiger partial charge in [0.25, 0.3) is 5.91 Å². The van der Waals surface area contributed by atoms with E-state index in [1.54, 1.807) is 24.3 Å². The third-order valence-corrected chi connectivity index (χ3v) is 4.81. The summed E-state index contributed by atoms with van der Waals surface area (Å²) < 4.78 is 52.9. The zero-order valence-corrected chi connectivity index (χ0v) is 16.9. The normalized spacial score (nSPS) is 11.3. The highest BCUT2D eigenvalue weighted by Gasteiger charge is 2.31. The van der Waals surface area contributed by atoms with Gasteiger partial charge in [0.2, 0.25) is 0 Å². The quantitative estimate of drug-likeness (QED) is 0.390. The summed E-state index contributed by atoms with van der Waals surface area (Å²) in [6, 6.07) is 9.91. The van der Waals surface area contributed by atoms with Gasteiger partial charge in [0.1, 0.15) is 11.6 Å². The molecular formula is C21H12BrF4NO4. The van der Waals surface area contributed by atoms with E-state index >= 15 is 0 Å².